The molecule has 0 aliphatic carbocycles. The van der Waals surface area contributed by atoms with Crippen molar-refractivity contribution in [2.75, 3.05) is 13.1 Å². The molecule has 0 saturated carbocycles. The fourth-order valence-electron chi connectivity index (χ4n) is 7.86. The molecule has 50 heavy (non-hydrogen) atoms. The van der Waals surface area contributed by atoms with Crippen molar-refractivity contribution in [2.45, 2.75) is 52.6 Å². The number of nitro groups is 2. The number of benzene rings is 6. The normalized spacial score (nSPS) is 13.2. The van der Waals surface area contributed by atoms with Gasteiger partial charge < -0.3 is 21.5 Å². The maximum atomic E-state index is 11.6. The van der Waals surface area contributed by atoms with Crippen molar-refractivity contribution in [1.82, 2.24) is 0 Å². The van der Waals surface area contributed by atoms with Crippen molar-refractivity contribution in [3.63, 3.8) is 0 Å². The number of hydrogen-bond donors (Lipinski definition) is 0. The van der Waals surface area contributed by atoms with Gasteiger partial charge in [-0.05, 0) is 93.0 Å². The molecular formula is C42H40BrN3O4. The molecule has 0 amide bonds. The minimum atomic E-state index is -0.343. The van der Waals surface area contributed by atoms with Crippen molar-refractivity contribution in [3.05, 3.63) is 141 Å². The van der Waals surface area contributed by atoms with Crippen LogP contribution in [0.4, 0.5) is 11.4 Å². The number of halogens is 1. The van der Waals surface area contributed by atoms with Crippen molar-refractivity contribution >= 4 is 32.9 Å². The Bertz CT molecular complexity index is 2060. The summed E-state index contributed by atoms with van der Waals surface area (Å²) in [5.74, 6) is 0. The highest BCUT2D eigenvalue weighted by atomic mass is 79.9. The molecule has 0 radical (unpaired) electrons. The Balaban J connectivity index is 0.00000432. The number of hydrogen-bond acceptors (Lipinski definition) is 4. The molecule has 6 aromatic rings. The van der Waals surface area contributed by atoms with E-state index in [-0.39, 0.29) is 38.2 Å². The second kappa shape index (κ2) is 14.5. The number of nitro benzene ring substituents is 2. The summed E-state index contributed by atoms with van der Waals surface area (Å²) < 4.78 is 0.887. The van der Waals surface area contributed by atoms with Gasteiger partial charge in [-0.1, -0.05) is 75.2 Å². The van der Waals surface area contributed by atoms with Gasteiger partial charge in [0.15, 0.2) is 0 Å². The lowest BCUT2D eigenvalue weighted by Crippen LogP contribution is -3.00. The minimum absolute atomic E-state index is 0. The van der Waals surface area contributed by atoms with Crippen LogP contribution in [0, 0.1) is 20.2 Å². The number of non-ortho nitro benzene ring substituents is 2. The molecule has 0 atom stereocenters. The Labute approximate surface area is 302 Å². The van der Waals surface area contributed by atoms with Crippen LogP contribution >= 0.6 is 0 Å². The summed E-state index contributed by atoms with van der Waals surface area (Å²) in [5.41, 5.74) is 9.28. The zero-order valence-electron chi connectivity index (χ0n) is 28.4. The van der Waals surface area contributed by atoms with Crippen molar-refractivity contribution in [3.8, 4) is 33.4 Å². The third-order valence-electron chi connectivity index (χ3n) is 10.3. The van der Waals surface area contributed by atoms with Crippen LogP contribution in [0.2, 0.25) is 0 Å². The smallest absolute Gasteiger partial charge is 0.269 e. The molecule has 0 aromatic heterocycles. The zero-order valence-corrected chi connectivity index (χ0v) is 30.0. The fourth-order valence-corrected chi connectivity index (χ4v) is 7.86. The predicted octanol–water partition coefficient (Wildman–Crippen LogP) is 8.25. The van der Waals surface area contributed by atoms with Crippen LogP contribution < -0.4 is 17.0 Å². The second-order valence-corrected chi connectivity index (χ2v) is 13.4. The van der Waals surface area contributed by atoms with E-state index >= 15 is 0 Å². The lowest BCUT2D eigenvalue weighted by Gasteiger charge is -2.39. The Hall–Kier alpha value is -4.92. The summed E-state index contributed by atoms with van der Waals surface area (Å²) in [6, 6.07) is 35.7. The summed E-state index contributed by atoms with van der Waals surface area (Å²) in [6.07, 6.45) is 4.36. The van der Waals surface area contributed by atoms with E-state index < -0.39 is 0 Å². The lowest BCUT2D eigenvalue weighted by molar-refractivity contribution is -0.953. The molecule has 0 spiro atoms. The SMILES string of the molecule is CCCC[N+]1(CCCC)Cc2c(-c3ccc([N+](=O)[O-])cc3)cc3ccccc3c2-c2c(c(-c3ccc([N+](=O)[O-])cc3)cc3ccccc23)C1.[Br-]. The Morgan fingerprint density at radius 2 is 0.960 bits per heavy atom. The highest BCUT2D eigenvalue weighted by molar-refractivity contribution is 6.12. The summed E-state index contributed by atoms with van der Waals surface area (Å²) in [6.45, 7) is 8.20. The monoisotopic (exact) mass is 729 g/mol. The number of fused-ring (bicyclic) bond motifs is 7. The molecule has 1 aliphatic heterocycles. The molecule has 0 bridgehead atoms. The van der Waals surface area contributed by atoms with Crippen LogP contribution in [-0.4, -0.2) is 27.4 Å². The van der Waals surface area contributed by atoms with Gasteiger partial charge in [0, 0.05) is 46.5 Å². The van der Waals surface area contributed by atoms with Crippen LogP contribution in [0.5, 0.6) is 0 Å². The van der Waals surface area contributed by atoms with Gasteiger partial charge in [-0.2, -0.15) is 0 Å². The standard InChI is InChI=1S/C42H40N3O4.BrH/c1-3-5-23-45(24-6-4-2)27-39-37(29-15-19-33(20-16-29)43(46)47)25-31-11-7-9-13-35(31)41(39)42-36-14-10-8-12-32(36)26-38(40(42)28-45)30-17-21-34(22-18-30)44(48)49;/h7-22,25-26H,3-6,23-24,27-28H2,1-2H3;1H/q+1;/p-1. The van der Waals surface area contributed by atoms with E-state index in [0.29, 0.717) is 0 Å². The topological polar surface area (TPSA) is 86.3 Å². The third-order valence-corrected chi connectivity index (χ3v) is 10.3. The summed E-state index contributed by atoms with van der Waals surface area (Å²) in [7, 11) is 0. The molecule has 0 saturated heterocycles. The van der Waals surface area contributed by atoms with Crippen LogP contribution in [0.1, 0.15) is 50.7 Å². The second-order valence-electron chi connectivity index (χ2n) is 13.4. The molecule has 7 nitrogen and oxygen atoms in total. The van der Waals surface area contributed by atoms with Crippen LogP contribution in [0.25, 0.3) is 54.9 Å². The minimum Gasteiger partial charge on any atom is -1.00 e. The van der Waals surface area contributed by atoms with E-state index in [1.807, 2.05) is 24.3 Å². The first-order valence-corrected chi connectivity index (χ1v) is 17.3. The van der Waals surface area contributed by atoms with Crippen molar-refractivity contribution < 1.29 is 31.3 Å². The summed E-state index contributed by atoms with van der Waals surface area (Å²) in [5, 5.41) is 27.8. The Morgan fingerprint density at radius 3 is 1.32 bits per heavy atom. The van der Waals surface area contributed by atoms with Gasteiger partial charge >= 0.3 is 0 Å². The van der Waals surface area contributed by atoms with E-state index in [1.54, 1.807) is 24.3 Å². The predicted molar refractivity (Wildman–Crippen MR) is 198 cm³/mol. The van der Waals surface area contributed by atoms with E-state index in [4.69, 9.17) is 0 Å². The van der Waals surface area contributed by atoms with E-state index in [1.165, 1.54) is 33.0 Å². The molecule has 8 heteroatoms. The summed E-state index contributed by atoms with van der Waals surface area (Å²) in [4.78, 5) is 22.6. The number of nitrogens with zero attached hydrogens (tertiary/aromatic N) is 3. The molecule has 0 N–H and O–H groups in total. The number of quaternary nitrogens is 1. The van der Waals surface area contributed by atoms with Gasteiger partial charge in [-0.15, -0.1) is 0 Å². The molecule has 1 aliphatic rings. The van der Waals surface area contributed by atoms with E-state index in [2.05, 4.69) is 74.5 Å². The quantitative estimate of drug-likeness (QED) is 0.0808. The van der Waals surface area contributed by atoms with Crippen LogP contribution in [0.15, 0.2) is 109 Å². The molecule has 7 rings (SSSR count). The average Bonchev–Trinajstić information content (AvgIpc) is 3.28. The first-order valence-electron chi connectivity index (χ1n) is 17.3. The van der Waals surface area contributed by atoms with Gasteiger partial charge in [-0.25, -0.2) is 0 Å². The van der Waals surface area contributed by atoms with Gasteiger partial charge in [0.2, 0.25) is 0 Å². The van der Waals surface area contributed by atoms with Crippen LogP contribution in [0.3, 0.4) is 0 Å². The van der Waals surface area contributed by atoms with E-state index in [9.17, 15) is 20.2 Å². The Kier molecular flexibility index (Phi) is 10.1. The van der Waals surface area contributed by atoms with Crippen LogP contribution in [-0.2, 0) is 13.1 Å². The summed E-state index contributed by atoms with van der Waals surface area (Å²) >= 11 is 0. The lowest BCUT2D eigenvalue weighted by atomic mass is 9.82. The maximum Gasteiger partial charge on any atom is 0.269 e. The van der Waals surface area contributed by atoms with E-state index in [0.717, 1.165) is 89.4 Å². The average molecular weight is 731 g/mol. The first kappa shape index (κ1) is 34.9. The highest BCUT2D eigenvalue weighted by Crippen LogP contribution is 2.50. The largest absolute Gasteiger partial charge is 1.00 e. The molecule has 0 fully saturated rings. The Morgan fingerprint density at radius 1 is 0.580 bits per heavy atom. The van der Waals surface area contributed by atoms with Gasteiger partial charge in [-0.3, -0.25) is 20.2 Å². The number of rotatable bonds is 10. The maximum absolute atomic E-state index is 11.6. The highest BCUT2D eigenvalue weighted by Gasteiger charge is 2.37. The molecule has 254 valence electrons. The van der Waals surface area contributed by atoms with Gasteiger partial charge in [0.25, 0.3) is 11.4 Å². The third kappa shape index (κ3) is 6.41. The fraction of sp³-hybridized carbons (Fsp3) is 0.238. The van der Waals surface area contributed by atoms with Crippen molar-refractivity contribution in [1.29, 1.82) is 0 Å². The van der Waals surface area contributed by atoms with Crippen molar-refractivity contribution in [2.24, 2.45) is 0 Å². The van der Waals surface area contributed by atoms with Gasteiger partial charge in [0.1, 0.15) is 13.1 Å². The zero-order chi connectivity index (χ0) is 34.1. The molecule has 6 aromatic carbocycles. The molecular weight excluding hydrogens is 690 g/mol. The van der Waals surface area contributed by atoms with Gasteiger partial charge in [0.05, 0.1) is 22.9 Å². The molecule has 0 unspecified atom stereocenters. The molecule has 1 heterocycles. The number of unbranched alkanes of at least 4 members (excludes halogenated alkanes) is 2. The first-order chi connectivity index (χ1) is 23.8.